The first-order valence-electron chi connectivity index (χ1n) is 11.8. The quantitative estimate of drug-likeness (QED) is 0.161. The molecule has 4 rings (SSSR count). The maximum absolute atomic E-state index is 13.2. The average Bonchev–Trinajstić information content (AvgIpc) is 3.27. The van der Waals surface area contributed by atoms with Crippen molar-refractivity contribution in [3.05, 3.63) is 98.0 Å². The highest BCUT2D eigenvalue weighted by Crippen LogP contribution is 2.29. The molecule has 1 aromatic heterocycles. The largest absolute Gasteiger partial charge is 0.497 e. The molecule has 0 fully saturated rings. The molecule has 0 unspecified atom stereocenters. The Morgan fingerprint density at radius 2 is 1.51 bits per heavy atom. The number of carbonyl (C=O) groups is 1. The average molecular weight is 549 g/mol. The normalized spacial score (nSPS) is 11.2. The van der Waals surface area contributed by atoms with Gasteiger partial charge in [-0.1, -0.05) is 35.6 Å². The van der Waals surface area contributed by atoms with Crippen LogP contribution in [-0.4, -0.2) is 49.4 Å². The summed E-state index contributed by atoms with van der Waals surface area (Å²) in [7, 11) is 6.10. The van der Waals surface area contributed by atoms with Crippen molar-refractivity contribution in [2.45, 2.75) is 6.42 Å². The van der Waals surface area contributed by atoms with Gasteiger partial charge in [-0.3, -0.25) is 19.4 Å². The van der Waals surface area contributed by atoms with Gasteiger partial charge in [0.2, 0.25) is 5.88 Å². The molecule has 0 aliphatic carbocycles. The standard InChI is InChI=1S/C29H28N2O7S/c1-31(37-4)28(33)25(15-19-13-23(35-2)17-24(14-19)36-3)20-7-11-22(12-8-20)38-21-9-5-18(6-10-21)16-26-27(32)30-29(34)39-26/h5-15,17,32H,16H2,1-4H3,(H,30,34). The summed E-state index contributed by atoms with van der Waals surface area (Å²) in [6.07, 6.45) is 2.18. The Morgan fingerprint density at radius 1 is 0.923 bits per heavy atom. The second-order valence-corrected chi connectivity index (χ2v) is 9.49. The summed E-state index contributed by atoms with van der Waals surface area (Å²) in [5, 5.41) is 11.0. The number of hydrogen-bond donors (Lipinski definition) is 2. The first-order valence-corrected chi connectivity index (χ1v) is 12.7. The molecule has 202 valence electrons. The van der Waals surface area contributed by atoms with Gasteiger partial charge in [-0.15, -0.1) is 0 Å². The molecule has 0 aliphatic rings. The van der Waals surface area contributed by atoms with E-state index in [4.69, 9.17) is 19.0 Å². The van der Waals surface area contributed by atoms with Crippen LogP contribution in [0.3, 0.4) is 0 Å². The van der Waals surface area contributed by atoms with Crippen molar-refractivity contribution in [1.29, 1.82) is 0 Å². The highest BCUT2D eigenvalue weighted by Gasteiger charge is 2.18. The van der Waals surface area contributed by atoms with Crippen LogP contribution in [0.1, 0.15) is 21.6 Å². The zero-order valence-corrected chi connectivity index (χ0v) is 22.7. The minimum absolute atomic E-state index is 0.0976. The van der Waals surface area contributed by atoms with Gasteiger partial charge in [-0.05, 0) is 59.2 Å². The number of ether oxygens (including phenoxy) is 3. The van der Waals surface area contributed by atoms with Gasteiger partial charge in [0.15, 0.2) is 0 Å². The van der Waals surface area contributed by atoms with Gasteiger partial charge in [-0.2, -0.15) is 0 Å². The van der Waals surface area contributed by atoms with E-state index in [0.717, 1.165) is 27.5 Å². The van der Waals surface area contributed by atoms with E-state index in [1.54, 1.807) is 69.8 Å². The van der Waals surface area contributed by atoms with Crippen molar-refractivity contribution >= 4 is 28.9 Å². The van der Waals surface area contributed by atoms with Crippen LogP contribution < -0.4 is 19.1 Å². The molecule has 1 heterocycles. The van der Waals surface area contributed by atoms with E-state index in [-0.39, 0.29) is 16.7 Å². The fourth-order valence-electron chi connectivity index (χ4n) is 3.77. The molecule has 39 heavy (non-hydrogen) atoms. The first-order chi connectivity index (χ1) is 18.8. The van der Waals surface area contributed by atoms with Crippen molar-refractivity contribution in [2.24, 2.45) is 0 Å². The topological polar surface area (TPSA) is 110 Å². The van der Waals surface area contributed by atoms with Crippen LogP contribution in [0.4, 0.5) is 0 Å². The second kappa shape index (κ2) is 12.3. The molecule has 0 atom stereocenters. The third-order valence-corrected chi connectivity index (χ3v) is 6.74. The van der Waals surface area contributed by atoms with Gasteiger partial charge in [0.25, 0.3) is 5.91 Å². The molecule has 4 aromatic rings. The number of carbonyl (C=O) groups excluding carboxylic acids is 1. The number of hydroxylamine groups is 2. The predicted molar refractivity (Wildman–Crippen MR) is 150 cm³/mol. The van der Waals surface area contributed by atoms with Crippen molar-refractivity contribution < 1.29 is 28.9 Å². The molecule has 0 radical (unpaired) electrons. The van der Waals surface area contributed by atoms with Gasteiger partial charge in [0.05, 0.1) is 26.2 Å². The number of nitrogens with zero attached hydrogens (tertiary/aromatic N) is 1. The Labute approximate surface area is 229 Å². The van der Waals surface area contributed by atoms with Crippen molar-refractivity contribution in [3.63, 3.8) is 0 Å². The van der Waals surface area contributed by atoms with Crippen LogP contribution in [0.2, 0.25) is 0 Å². The fraction of sp³-hybridized carbons (Fsp3) is 0.172. The van der Waals surface area contributed by atoms with E-state index in [9.17, 15) is 14.7 Å². The lowest BCUT2D eigenvalue weighted by molar-refractivity contribution is -0.161. The van der Waals surface area contributed by atoms with Crippen LogP contribution in [0, 0.1) is 0 Å². The van der Waals surface area contributed by atoms with Gasteiger partial charge >= 0.3 is 4.87 Å². The Bertz CT molecular complexity index is 1500. The minimum atomic E-state index is -0.331. The fourth-order valence-corrected chi connectivity index (χ4v) is 4.53. The smallest absolute Gasteiger partial charge is 0.307 e. The van der Waals surface area contributed by atoms with E-state index in [1.165, 1.54) is 7.11 Å². The van der Waals surface area contributed by atoms with Crippen molar-refractivity contribution in [2.75, 3.05) is 28.4 Å². The van der Waals surface area contributed by atoms with E-state index in [1.807, 2.05) is 24.3 Å². The summed E-state index contributed by atoms with van der Waals surface area (Å²) >= 11 is 0.984. The lowest BCUT2D eigenvalue weighted by atomic mass is 10.0. The molecule has 0 spiro atoms. The van der Waals surface area contributed by atoms with Gasteiger partial charge in [0.1, 0.15) is 23.0 Å². The number of benzene rings is 3. The van der Waals surface area contributed by atoms with Gasteiger partial charge in [0, 0.05) is 25.1 Å². The molecule has 0 aliphatic heterocycles. The second-order valence-electron chi connectivity index (χ2n) is 8.42. The van der Waals surface area contributed by atoms with Crippen LogP contribution in [0.15, 0.2) is 71.5 Å². The molecule has 1 amide bonds. The van der Waals surface area contributed by atoms with E-state index in [0.29, 0.717) is 45.4 Å². The number of hydrogen-bond acceptors (Lipinski definition) is 8. The number of aromatic nitrogens is 1. The SMILES string of the molecule is COc1cc(C=C(C(=O)N(C)OC)c2ccc(Oc3ccc(Cc4sc(=O)[nH]c4O)cc3)cc2)cc(OC)c1. The number of likely N-dealkylation sites (N-methyl/N-ethyl adjacent to an activating group) is 1. The summed E-state index contributed by atoms with van der Waals surface area (Å²) in [4.78, 5) is 32.3. The van der Waals surface area contributed by atoms with Crippen LogP contribution in [-0.2, 0) is 16.1 Å². The highest BCUT2D eigenvalue weighted by atomic mass is 32.1. The molecule has 2 N–H and O–H groups in total. The van der Waals surface area contributed by atoms with Gasteiger partial charge < -0.3 is 19.3 Å². The predicted octanol–water partition coefficient (Wildman–Crippen LogP) is 5.10. The summed E-state index contributed by atoms with van der Waals surface area (Å²) in [6.45, 7) is 0. The molecular formula is C29H28N2O7S. The summed E-state index contributed by atoms with van der Waals surface area (Å²) in [6, 6.07) is 19.9. The summed E-state index contributed by atoms with van der Waals surface area (Å²) in [5.74, 6) is 1.97. The Morgan fingerprint density at radius 3 is 2.03 bits per heavy atom. The molecule has 9 nitrogen and oxygen atoms in total. The van der Waals surface area contributed by atoms with E-state index in [2.05, 4.69) is 4.98 Å². The third-order valence-electron chi connectivity index (χ3n) is 5.86. The molecular weight excluding hydrogens is 520 g/mol. The summed E-state index contributed by atoms with van der Waals surface area (Å²) in [5.41, 5.74) is 2.72. The Kier molecular flexibility index (Phi) is 8.70. The number of aromatic amines is 1. The van der Waals surface area contributed by atoms with Crippen LogP contribution in [0.25, 0.3) is 11.6 Å². The number of amides is 1. The van der Waals surface area contributed by atoms with Crippen molar-refractivity contribution in [3.8, 4) is 28.9 Å². The lowest BCUT2D eigenvalue weighted by Crippen LogP contribution is -2.26. The molecule has 0 saturated carbocycles. The zero-order chi connectivity index (χ0) is 27.9. The Balaban J connectivity index is 1.55. The highest BCUT2D eigenvalue weighted by molar-refractivity contribution is 7.09. The van der Waals surface area contributed by atoms with Gasteiger partial charge in [-0.25, -0.2) is 5.06 Å². The maximum Gasteiger partial charge on any atom is 0.307 e. The molecule has 10 heteroatoms. The maximum atomic E-state index is 13.2. The third kappa shape index (κ3) is 6.86. The Hall–Kier alpha value is -4.54. The number of thiazole rings is 1. The van der Waals surface area contributed by atoms with Crippen LogP contribution in [0.5, 0.6) is 28.9 Å². The number of rotatable bonds is 10. The minimum Gasteiger partial charge on any atom is -0.497 e. The van der Waals surface area contributed by atoms with E-state index >= 15 is 0 Å². The van der Waals surface area contributed by atoms with E-state index < -0.39 is 0 Å². The van der Waals surface area contributed by atoms with Crippen LogP contribution >= 0.6 is 11.3 Å². The number of aromatic hydroxyl groups is 1. The first kappa shape index (κ1) is 27.5. The number of nitrogens with one attached hydrogen (secondary N) is 1. The number of methoxy groups -OCH3 is 2. The lowest BCUT2D eigenvalue weighted by Gasteiger charge is -2.17. The molecule has 0 bridgehead atoms. The molecule has 0 saturated heterocycles. The molecule has 3 aromatic carbocycles. The summed E-state index contributed by atoms with van der Waals surface area (Å²) < 4.78 is 16.7. The van der Waals surface area contributed by atoms with Crippen molar-refractivity contribution in [1.82, 2.24) is 10.0 Å². The monoisotopic (exact) mass is 548 g/mol. The zero-order valence-electron chi connectivity index (χ0n) is 21.9. The number of H-pyrrole nitrogens is 1.